The molecular formula is C22H29FN3O9P. The van der Waals surface area contributed by atoms with Crippen LogP contribution in [0.5, 0.6) is 5.75 Å². The Morgan fingerprint density at radius 1 is 1.28 bits per heavy atom. The Labute approximate surface area is 205 Å². The predicted octanol–water partition coefficient (Wildman–Crippen LogP) is 1.66. The molecule has 1 saturated heterocycles. The van der Waals surface area contributed by atoms with Crippen molar-refractivity contribution in [3.05, 3.63) is 63.4 Å². The lowest BCUT2D eigenvalue weighted by Gasteiger charge is -2.25. The van der Waals surface area contributed by atoms with Crippen molar-refractivity contribution in [2.45, 2.75) is 63.9 Å². The number of nitrogens with one attached hydrogen (secondary N) is 2. The number of aliphatic hydroxyl groups is 1. The van der Waals surface area contributed by atoms with Gasteiger partial charge in [0.05, 0.1) is 12.7 Å². The van der Waals surface area contributed by atoms with E-state index in [2.05, 4.69) is 5.09 Å². The number of hydrogen-bond donors (Lipinski definition) is 3. The zero-order valence-electron chi connectivity index (χ0n) is 20.1. The maximum atomic E-state index is 15.4. The van der Waals surface area contributed by atoms with E-state index in [4.69, 9.17) is 18.5 Å². The number of halogens is 1. The second-order valence-electron chi connectivity index (χ2n) is 8.67. The van der Waals surface area contributed by atoms with E-state index in [9.17, 15) is 24.1 Å². The van der Waals surface area contributed by atoms with Crippen LogP contribution in [0.4, 0.5) is 4.39 Å². The first kappa shape index (κ1) is 27.8. The molecule has 36 heavy (non-hydrogen) atoms. The molecule has 3 rings (SSSR count). The molecule has 1 fully saturated rings. The number of aromatic amines is 1. The molecule has 1 aromatic heterocycles. The summed E-state index contributed by atoms with van der Waals surface area (Å²) in [4.78, 5) is 37.7. The highest BCUT2D eigenvalue weighted by Crippen LogP contribution is 2.47. The molecule has 0 amide bonds. The van der Waals surface area contributed by atoms with Crippen molar-refractivity contribution >= 4 is 13.7 Å². The molecule has 198 valence electrons. The number of H-pyrrole nitrogens is 1. The number of hydrogen-bond acceptors (Lipinski definition) is 9. The van der Waals surface area contributed by atoms with Crippen LogP contribution in [0.25, 0.3) is 0 Å². The van der Waals surface area contributed by atoms with Gasteiger partial charge in [-0.3, -0.25) is 23.7 Å². The monoisotopic (exact) mass is 529 g/mol. The van der Waals surface area contributed by atoms with Crippen LogP contribution < -0.4 is 20.9 Å². The smallest absolute Gasteiger partial charge is 0.459 e. The number of nitrogens with zero attached hydrogens (tertiary/aromatic N) is 1. The maximum Gasteiger partial charge on any atom is 0.459 e. The fraction of sp³-hybridized carbons (Fsp3) is 0.500. The molecule has 2 aromatic rings. The van der Waals surface area contributed by atoms with E-state index in [1.807, 2.05) is 4.98 Å². The van der Waals surface area contributed by atoms with Crippen LogP contribution in [-0.4, -0.2) is 57.3 Å². The number of benzene rings is 1. The van der Waals surface area contributed by atoms with Gasteiger partial charge in [-0.25, -0.2) is 13.8 Å². The van der Waals surface area contributed by atoms with Crippen LogP contribution in [-0.2, 0) is 23.4 Å². The molecule has 0 spiro atoms. The Morgan fingerprint density at radius 3 is 2.56 bits per heavy atom. The Hall–Kier alpha value is -2.83. The number of rotatable bonds is 10. The van der Waals surface area contributed by atoms with Gasteiger partial charge in [0.15, 0.2) is 11.9 Å². The summed E-state index contributed by atoms with van der Waals surface area (Å²) in [6.45, 7) is 5.07. The summed E-state index contributed by atoms with van der Waals surface area (Å²) in [5, 5.41) is 13.0. The highest BCUT2D eigenvalue weighted by atomic mass is 31.2. The summed E-state index contributed by atoms with van der Waals surface area (Å²) in [7, 11) is -4.30. The van der Waals surface area contributed by atoms with Crippen LogP contribution in [0.1, 0.15) is 33.9 Å². The van der Waals surface area contributed by atoms with E-state index in [0.29, 0.717) is 0 Å². The van der Waals surface area contributed by atoms with Crippen molar-refractivity contribution in [2.75, 3.05) is 6.61 Å². The van der Waals surface area contributed by atoms with Gasteiger partial charge in [-0.05, 0) is 39.8 Å². The van der Waals surface area contributed by atoms with E-state index in [1.54, 1.807) is 32.0 Å². The fourth-order valence-corrected chi connectivity index (χ4v) is 4.97. The van der Waals surface area contributed by atoms with Gasteiger partial charge in [0.25, 0.3) is 5.56 Å². The number of carbonyl (C=O) groups excluding carboxylic acids is 1. The fourth-order valence-electron chi connectivity index (χ4n) is 3.47. The molecule has 0 radical (unpaired) electrons. The Morgan fingerprint density at radius 2 is 1.94 bits per heavy atom. The Kier molecular flexibility index (Phi) is 8.52. The first-order valence-corrected chi connectivity index (χ1v) is 12.7. The third-order valence-electron chi connectivity index (χ3n) is 5.26. The second kappa shape index (κ2) is 11.1. The number of carbonyl (C=O) groups is 1. The number of aliphatic hydroxyl groups excluding tert-OH is 1. The molecule has 0 saturated carbocycles. The molecule has 12 nitrogen and oxygen atoms in total. The highest BCUT2D eigenvalue weighted by Gasteiger charge is 2.55. The van der Waals surface area contributed by atoms with Gasteiger partial charge in [0.2, 0.25) is 0 Å². The van der Waals surface area contributed by atoms with Gasteiger partial charge in [0, 0.05) is 12.3 Å². The molecule has 1 aliphatic rings. The van der Waals surface area contributed by atoms with Crippen molar-refractivity contribution in [3.8, 4) is 5.75 Å². The maximum absolute atomic E-state index is 15.4. The molecule has 3 N–H and O–H groups in total. The minimum atomic E-state index is -4.30. The zero-order chi connectivity index (χ0) is 26.7. The van der Waals surface area contributed by atoms with Crippen molar-refractivity contribution in [2.24, 2.45) is 0 Å². The van der Waals surface area contributed by atoms with Crippen molar-refractivity contribution in [1.82, 2.24) is 14.6 Å². The van der Waals surface area contributed by atoms with Gasteiger partial charge in [0.1, 0.15) is 24.0 Å². The first-order valence-electron chi connectivity index (χ1n) is 11.1. The third-order valence-corrected chi connectivity index (χ3v) is 6.90. The van der Waals surface area contributed by atoms with Crippen LogP contribution >= 0.6 is 7.75 Å². The van der Waals surface area contributed by atoms with Crippen LogP contribution in [0.3, 0.4) is 0 Å². The topological polar surface area (TPSA) is 158 Å². The normalized spacial score (nSPS) is 26.4. The van der Waals surface area contributed by atoms with Gasteiger partial charge in [-0.2, -0.15) is 5.09 Å². The quantitative estimate of drug-likeness (QED) is 0.305. The number of alkyl halides is 1. The molecule has 5 unspecified atom stereocenters. The summed E-state index contributed by atoms with van der Waals surface area (Å²) in [6.07, 6.45) is -4.21. The average molecular weight is 529 g/mol. The van der Waals surface area contributed by atoms with Gasteiger partial charge in [-0.1, -0.05) is 18.2 Å². The SMILES string of the molecule is CC(C)OC(=O)[C@@H](C)NP(=O)(OCC1OC(n2ccc(=O)[nH]c2=O)C(C)(F)C1O)Oc1ccccc1. The first-order chi connectivity index (χ1) is 16.8. The second-order valence-corrected chi connectivity index (χ2v) is 10.4. The number of ether oxygens (including phenoxy) is 2. The largest absolute Gasteiger partial charge is 0.462 e. The van der Waals surface area contributed by atoms with Crippen molar-refractivity contribution in [3.63, 3.8) is 0 Å². The van der Waals surface area contributed by atoms with Gasteiger partial charge >= 0.3 is 19.4 Å². The molecule has 0 bridgehead atoms. The minimum absolute atomic E-state index is 0.152. The predicted molar refractivity (Wildman–Crippen MR) is 125 cm³/mol. The minimum Gasteiger partial charge on any atom is -0.462 e. The summed E-state index contributed by atoms with van der Waals surface area (Å²) in [5.41, 5.74) is -4.12. The molecule has 14 heteroatoms. The number of esters is 1. The zero-order valence-corrected chi connectivity index (χ0v) is 21.0. The van der Waals surface area contributed by atoms with Gasteiger partial charge < -0.3 is 19.1 Å². The molecule has 1 aliphatic heterocycles. The number of aromatic nitrogens is 2. The third kappa shape index (κ3) is 6.48. The Bertz CT molecular complexity index is 1220. The van der Waals surface area contributed by atoms with Crippen molar-refractivity contribution in [1.29, 1.82) is 0 Å². The summed E-state index contributed by atoms with van der Waals surface area (Å²) >= 11 is 0. The lowest BCUT2D eigenvalue weighted by molar-refractivity contribution is -0.149. The standard InChI is InChI=1S/C22H29FN3O9P/c1-13(2)33-19(29)14(3)25-36(31,35-15-8-6-5-7-9-15)32-12-16-18(28)22(4,23)20(34-16)26-11-10-17(27)24-21(26)30/h5-11,13-14,16,18,20,28H,12H2,1-4H3,(H,25,31)(H,24,27,30)/t14-,16?,18?,20?,22?,36?/m1/s1. The van der Waals surface area contributed by atoms with Crippen molar-refractivity contribution < 1.29 is 37.4 Å². The van der Waals surface area contributed by atoms with Gasteiger partial charge in [-0.15, -0.1) is 0 Å². The summed E-state index contributed by atoms with van der Waals surface area (Å²) < 4.78 is 51.4. The van der Waals surface area contributed by atoms with E-state index in [-0.39, 0.29) is 5.75 Å². The highest BCUT2D eigenvalue weighted by molar-refractivity contribution is 7.52. The van der Waals surface area contributed by atoms with E-state index < -0.39 is 67.8 Å². The number of para-hydroxylation sites is 1. The van der Waals surface area contributed by atoms with Crippen LogP contribution in [0, 0.1) is 0 Å². The lowest BCUT2D eigenvalue weighted by atomic mass is 9.98. The average Bonchev–Trinajstić information content (AvgIpc) is 3.01. The van der Waals surface area contributed by atoms with E-state index in [1.165, 1.54) is 19.1 Å². The van der Waals surface area contributed by atoms with Crippen LogP contribution in [0.15, 0.2) is 52.2 Å². The molecular weight excluding hydrogens is 500 g/mol. The van der Waals surface area contributed by atoms with E-state index >= 15 is 4.39 Å². The lowest BCUT2D eigenvalue weighted by Crippen LogP contribution is -2.43. The molecule has 6 atom stereocenters. The summed E-state index contributed by atoms with van der Waals surface area (Å²) in [5.74, 6) is -0.560. The summed E-state index contributed by atoms with van der Waals surface area (Å²) in [6, 6.07) is 7.86. The van der Waals surface area contributed by atoms with E-state index in [0.717, 1.165) is 23.8 Å². The van der Waals surface area contributed by atoms with Crippen LogP contribution in [0.2, 0.25) is 0 Å². The molecule has 2 heterocycles. The Balaban J connectivity index is 1.80. The molecule has 1 aromatic carbocycles. The molecule has 0 aliphatic carbocycles.